The first-order valence-corrected chi connectivity index (χ1v) is 44.1. The van der Waals surface area contributed by atoms with Gasteiger partial charge in [0.25, 0.3) is 0 Å². The molecule has 8 rings (SSSR count). The highest BCUT2D eigenvalue weighted by molar-refractivity contribution is 5.92. The van der Waals surface area contributed by atoms with Gasteiger partial charge in [0.05, 0.1) is 32.5 Å². The molecule has 4 saturated heterocycles. The predicted molar refractivity (Wildman–Crippen MR) is 489 cm³/mol. The lowest BCUT2D eigenvalue weighted by molar-refractivity contribution is -0.326. The molecule has 0 amide bonds. The van der Waals surface area contributed by atoms with Crippen LogP contribution in [0.5, 0.6) is 23.0 Å². The average Bonchev–Trinajstić information content (AvgIpc) is 0.785. The van der Waals surface area contributed by atoms with Crippen molar-refractivity contribution in [2.75, 3.05) is 26.4 Å². The maximum atomic E-state index is 13.1. The number of phenols is 4. The van der Waals surface area contributed by atoms with Crippen molar-refractivity contribution < 1.29 is 208 Å². The lowest BCUT2D eigenvalue weighted by Crippen LogP contribution is -2.61. The van der Waals surface area contributed by atoms with Crippen molar-refractivity contribution >= 4 is 59.5 Å². The Morgan fingerprint density at radius 1 is 0.321 bits per heavy atom. The minimum Gasteiger partial charge on any atom is -0.504 e. The van der Waals surface area contributed by atoms with Crippen LogP contribution in [0.25, 0.3) is 12.2 Å². The first-order valence-electron chi connectivity index (χ1n) is 44.1. The van der Waals surface area contributed by atoms with Crippen LogP contribution in [0.1, 0.15) is 106 Å². The van der Waals surface area contributed by atoms with E-state index in [1.54, 1.807) is 125 Å². The van der Waals surface area contributed by atoms with Gasteiger partial charge in [-0.3, -0.25) is 9.59 Å². The zero-order chi connectivity index (χ0) is 104. The van der Waals surface area contributed by atoms with Crippen molar-refractivity contribution in [2.24, 2.45) is 0 Å². The molecule has 2 aliphatic carbocycles. The van der Waals surface area contributed by atoms with Crippen LogP contribution in [0, 0.1) is 0 Å². The first kappa shape index (κ1) is 116. The van der Waals surface area contributed by atoms with Crippen molar-refractivity contribution in [1.82, 2.24) is 0 Å². The third kappa shape index (κ3) is 33.4. The number of ketones is 2. The molecular weight excluding hydrogens is 1850 g/mol. The van der Waals surface area contributed by atoms with Gasteiger partial charge in [0, 0.05) is 60.1 Å². The average molecular weight is 1970 g/mol. The quantitative estimate of drug-likeness (QED) is 0.0141. The van der Waals surface area contributed by atoms with Crippen molar-refractivity contribution in [3.63, 3.8) is 0 Å². The number of allylic oxidation sites excluding steroid dienone is 24. The summed E-state index contributed by atoms with van der Waals surface area (Å²) in [7, 11) is 0. The highest BCUT2D eigenvalue weighted by atomic mass is 16.8. The molecule has 0 spiro atoms. The highest BCUT2D eigenvalue weighted by Gasteiger charge is 2.55. The van der Waals surface area contributed by atoms with E-state index in [1.165, 1.54) is 101 Å². The Morgan fingerprint density at radius 3 is 0.950 bits per heavy atom. The number of aliphatic hydroxyl groups is 18. The van der Waals surface area contributed by atoms with Crippen molar-refractivity contribution in [3.8, 4) is 23.0 Å². The molecule has 0 bridgehead atoms. The van der Waals surface area contributed by atoms with Crippen LogP contribution in [0.15, 0.2) is 215 Å². The molecular formula is C98H124O42. The molecule has 6 aliphatic rings. The summed E-state index contributed by atoms with van der Waals surface area (Å²) in [5, 5.41) is 224. The molecule has 768 valence electrons. The van der Waals surface area contributed by atoms with E-state index in [4.69, 9.17) is 56.8 Å². The van der Waals surface area contributed by atoms with Gasteiger partial charge < -0.3 is 169 Å². The molecule has 0 radical (unpaired) electrons. The normalized spacial score (nSPS) is 32.7. The minimum atomic E-state index is -2.07. The monoisotopic (exact) mass is 1970 g/mol. The Labute approximate surface area is 804 Å². The summed E-state index contributed by atoms with van der Waals surface area (Å²) >= 11 is 0. The topological polar surface area (TPSA) is 692 Å². The molecule has 42 nitrogen and oxygen atoms in total. The van der Waals surface area contributed by atoms with Crippen LogP contribution >= 0.6 is 0 Å². The third-order valence-corrected chi connectivity index (χ3v) is 22.9. The summed E-state index contributed by atoms with van der Waals surface area (Å²) in [4.78, 5) is 102. The van der Waals surface area contributed by atoms with Crippen LogP contribution < -0.4 is 0 Å². The van der Waals surface area contributed by atoms with E-state index in [0.717, 1.165) is 48.3 Å². The number of Topliss-reactive ketones (excluding diaryl/α,β-unsaturated/α-hetero) is 2. The SMILES string of the molecule is CC(=O)[C@@]1(O)C[C@H](OC(=O)/C(C)=C/C=C/C(C)=C/C=C/C=C(C)/C=C/C=C(\C)C(=O)O[C@@H]2OC(CO[C@@H]3OC(CO)[C@@H](O)[C@H](O)C3O)[C@@H](O)[C@H](O)C2O)[C@H](O)[C@H](OC(=O)/C=C/c2ccc(O)c(O)c2)C1.CC(=O)[C@]1(O)CC(OC(=O)/C=C/c2ccc(O)c(O)c2)[C@H](OC(=O)/C(C)=C/C=C/C(C)=C/C=C/C=C(C)/C=C/C=C(\C)C(=O)O[C@@H]2OC(CO[C@@H]3OC(CO)[C@@H](O)[C@H](O)C3O)[C@@H](O)[C@H](O)C2O)[C@@H](O)C1. The fourth-order valence-corrected chi connectivity index (χ4v) is 14.2. The molecule has 2 aromatic rings. The molecule has 22 N–H and O–H groups in total. The summed E-state index contributed by atoms with van der Waals surface area (Å²) in [6, 6.07) is 7.65. The van der Waals surface area contributed by atoms with Crippen LogP contribution in [0.3, 0.4) is 0 Å². The van der Waals surface area contributed by atoms with Gasteiger partial charge in [-0.1, -0.05) is 156 Å². The second-order valence-electron chi connectivity index (χ2n) is 34.1. The second-order valence-corrected chi connectivity index (χ2v) is 34.1. The van der Waals surface area contributed by atoms with Gasteiger partial charge in [-0.2, -0.15) is 0 Å². The maximum absolute atomic E-state index is 13.1. The van der Waals surface area contributed by atoms with Gasteiger partial charge in [0.1, 0.15) is 133 Å². The van der Waals surface area contributed by atoms with Gasteiger partial charge in [0.15, 0.2) is 53.2 Å². The van der Waals surface area contributed by atoms with Gasteiger partial charge in [-0.25, -0.2) is 28.8 Å². The summed E-state index contributed by atoms with van der Waals surface area (Å²) in [5.74, 6) is -8.41. The lowest BCUT2D eigenvalue weighted by Gasteiger charge is -2.42. The number of aliphatic hydroxyl groups excluding tert-OH is 16. The van der Waals surface area contributed by atoms with Crippen LogP contribution in [-0.2, 0) is 95.2 Å². The van der Waals surface area contributed by atoms with Crippen LogP contribution in [0.2, 0.25) is 0 Å². The summed E-state index contributed by atoms with van der Waals surface area (Å²) in [6.45, 7) is 12.6. The smallest absolute Gasteiger partial charge is 0.336 e. The Morgan fingerprint density at radius 2 is 0.614 bits per heavy atom. The van der Waals surface area contributed by atoms with Gasteiger partial charge in [0.2, 0.25) is 12.6 Å². The second kappa shape index (κ2) is 54.1. The predicted octanol–water partition coefficient (Wildman–Crippen LogP) is 0.0610. The number of hydrogen-bond acceptors (Lipinski definition) is 42. The van der Waals surface area contributed by atoms with Crippen LogP contribution in [0.4, 0.5) is 0 Å². The molecule has 0 aromatic heterocycles. The summed E-state index contributed by atoms with van der Waals surface area (Å²) in [5.41, 5.74) is 0.0511. The van der Waals surface area contributed by atoms with Crippen molar-refractivity contribution in [3.05, 3.63) is 226 Å². The molecule has 9 unspecified atom stereocenters. The molecule has 2 aromatic carbocycles. The van der Waals surface area contributed by atoms with E-state index in [-0.39, 0.29) is 33.8 Å². The Kier molecular flexibility index (Phi) is 44.7. The first-order chi connectivity index (χ1) is 65.9. The Balaban J connectivity index is 0.000000381. The summed E-state index contributed by atoms with van der Waals surface area (Å²) in [6.07, 6.45) is -6.33. The number of carbonyl (C=O) groups excluding carboxylic acids is 8. The molecule has 28 atom stereocenters. The summed E-state index contributed by atoms with van der Waals surface area (Å²) < 4.78 is 64.6. The van der Waals surface area contributed by atoms with Crippen molar-refractivity contribution in [1.29, 1.82) is 0 Å². The van der Waals surface area contributed by atoms with E-state index in [9.17, 15) is 151 Å². The molecule has 42 heteroatoms. The van der Waals surface area contributed by atoms with Gasteiger partial charge in [-0.15, -0.1) is 0 Å². The number of rotatable bonds is 36. The van der Waals surface area contributed by atoms with Gasteiger partial charge >= 0.3 is 35.8 Å². The van der Waals surface area contributed by atoms with E-state index in [0.29, 0.717) is 11.1 Å². The number of hydrogen-bond donors (Lipinski definition) is 22. The number of phenolic OH excluding ortho intramolecular Hbond substituents is 4. The number of esters is 6. The highest BCUT2D eigenvalue weighted by Crippen LogP contribution is 2.38. The Hall–Kier alpha value is -11.3. The zero-order valence-electron chi connectivity index (χ0n) is 78.0. The van der Waals surface area contributed by atoms with Crippen LogP contribution in [-0.4, -0.2) is 357 Å². The zero-order valence-corrected chi connectivity index (χ0v) is 78.0. The number of carbonyl (C=O) groups is 8. The maximum Gasteiger partial charge on any atom is 0.336 e. The van der Waals surface area contributed by atoms with E-state index < -0.39 is 282 Å². The van der Waals surface area contributed by atoms with Gasteiger partial charge in [-0.05, 0) is 117 Å². The minimum absolute atomic E-state index is 0.0762. The van der Waals surface area contributed by atoms with E-state index >= 15 is 0 Å². The largest absolute Gasteiger partial charge is 0.504 e. The fourth-order valence-electron chi connectivity index (χ4n) is 14.2. The van der Waals surface area contributed by atoms with E-state index in [1.807, 2.05) is 0 Å². The molecule has 4 aliphatic heterocycles. The number of ether oxygens (including phenoxy) is 12. The fraction of sp³-hybridized carbons (Fsp3) is 0.469. The standard InChI is InChI=1S/2C49H62O21/c1-25(12-8-14-27(3)45(62)69-44-33(54)21-49(64,29(5)51)22-34(44)66-37(55)19-17-30-16-18-31(52)32(53)20-30)10-6-7-11-26(2)13-9-15-28(4)46(63)70-48-43(61)41(59)39(57)36(68-48)24-65-47-42(60)40(58)38(56)35(23-50)67-47;1-25(12-8-14-27(3)45(62)67-34-22-49(64,29(5)51)21-33(38(34)55)66-37(54)19-17-30-16-18-31(52)32(53)20-30)10-6-7-11-26(2)13-9-15-28(4)46(63)70-48-44(61)42(59)40(57)36(69-48)24-65-47-43(60)41(58)39(56)35(23-50)68-47/h6-20,33-36,38-44,47-48,50,52-54,56-61,64H,21-24H2,1-5H3;6-20,33-36,38-44,47-48,50,52-53,55-61,64H,21-24H2,1-5H3/b2*7-6+,12-8+,13-9+,19-17+,25-10+,26-11+,27-14+,28-15+/t33-,34?,35?,36?,38+,39+,40-,41-,42?,43?,44+,47+,48-,49+;33-,34+,35?,36?,38-,39-,40-,41+,42+,43?,44?,47-,48+,49+/m01/s1. The molecule has 4 heterocycles. The third-order valence-electron chi connectivity index (χ3n) is 22.9. The molecule has 6 fully saturated rings. The van der Waals surface area contributed by atoms with E-state index in [2.05, 4.69) is 0 Å². The lowest BCUT2D eigenvalue weighted by atomic mass is 9.77. The number of benzene rings is 2. The number of aromatic hydroxyl groups is 4. The molecule has 140 heavy (non-hydrogen) atoms. The molecule has 2 saturated carbocycles. The Bertz CT molecular complexity index is 5130. The van der Waals surface area contributed by atoms with Crippen molar-refractivity contribution in [2.45, 2.75) is 266 Å².